The Bertz CT molecular complexity index is 1460. The van der Waals surface area contributed by atoms with Crippen molar-refractivity contribution in [1.29, 1.82) is 0 Å². The third-order valence-electron chi connectivity index (χ3n) is 5.05. The standard InChI is InChI=1S/C25H19BrClNO7S2/c1-33-21-14-16(13-20(26)23(21)35-37(31,32)19-9-7-17(27)8-10-19)15-22-24(29)28(25(30)36-22)11-12-34-18-5-3-2-4-6-18/h2-10,13-15H,11-12H2,1H3/b22-15-. The van der Waals surface area contributed by atoms with Crippen LogP contribution in [0.1, 0.15) is 5.56 Å². The van der Waals surface area contributed by atoms with Crippen LogP contribution in [0.25, 0.3) is 6.08 Å². The zero-order valence-electron chi connectivity index (χ0n) is 19.2. The van der Waals surface area contributed by atoms with Crippen molar-refractivity contribution >= 4 is 66.6 Å². The van der Waals surface area contributed by atoms with Crippen molar-refractivity contribution in [1.82, 2.24) is 4.90 Å². The minimum atomic E-state index is -4.18. The third kappa shape index (κ3) is 6.48. The van der Waals surface area contributed by atoms with Crippen molar-refractivity contribution < 1.29 is 31.7 Å². The Kier molecular flexibility index (Phi) is 8.48. The third-order valence-corrected chi connectivity index (χ3v) is 8.03. The number of rotatable bonds is 9. The van der Waals surface area contributed by atoms with E-state index in [-0.39, 0.29) is 38.9 Å². The lowest BCUT2D eigenvalue weighted by Crippen LogP contribution is -2.32. The second-order valence-electron chi connectivity index (χ2n) is 7.52. The number of thioether (sulfide) groups is 1. The number of para-hydroxylation sites is 1. The summed E-state index contributed by atoms with van der Waals surface area (Å²) >= 11 is 9.95. The second kappa shape index (κ2) is 11.6. The van der Waals surface area contributed by atoms with E-state index in [0.29, 0.717) is 16.3 Å². The van der Waals surface area contributed by atoms with Gasteiger partial charge >= 0.3 is 10.1 Å². The maximum atomic E-state index is 12.8. The molecule has 1 saturated heterocycles. The molecule has 192 valence electrons. The Morgan fingerprint density at radius 1 is 1.05 bits per heavy atom. The first kappa shape index (κ1) is 27.1. The monoisotopic (exact) mass is 623 g/mol. The predicted molar refractivity (Wildman–Crippen MR) is 145 cm³/mol. The van der Waals surface area contributed by atoms with Gasteiger partial charge in [-0.05, 0) is 87.9 Å². The van der Waals surface area contributed by atoms with E-state index in [1.807, 2.05) is 18.2 Å². The van der Waals surface area contributed by atoms with Crippen LogP contribution in [-0.2, 0) is 14.9 Å². The van der Waals surface area contributed by atoms with Crippen LogP contribution in [0, 0.1) is 0 Å². The molecule has 0 spiro atoms. The van der Waals surface area contributed by atoms with Crippen LogP contribution in [0.15, 0.2) is 81.0 Å². The summed E-state index contributed by atoms with van der Waals surface area (Å²) in [6.45, 7) is 0.252. The minimum Gasteiger partial charge on any atom is -0.493 e. The van der Waals surface area contributed by atoms with Crippen LogP contribution in [-0.4, -0.2) is 44.7 Å². The van der Waals surface area contributed by atoms with Crippen LogP contribution < -0.4 is 13.7 Å². The molecule has 3 aromatic rings. The molecule has 8 nitrogen and oxygen atoms in total. The topological polar surface area (TPSA) is 99.2 Å². The van der Waals surface area contributed by atoms with Crippen molar-refractivity contribution in [2.75, 3.05) is 20.3 Å². The van der Waals surface area contributed by atoms with Crippen molar-refractivity contribution in [3.8, 4) is 17.2 Å². The van der Waals surface area contributed by atoms with Crippen molar-refractivity contribution in [2.24, 2.45) is 0 Å². The number of hydrogen-bond acceptors (Lipinski definition) is 8. The number of methoxy groups -OCH3 is 1. The molecule has 0 bridgehead atoms. The fourth-order valence-electron chi connectivity index (χ4n) is 3.28. The number of halogens is 2. The Morgan fingerprint density at radius 3 is 2.43 bits per heavy atom. The molecule has 0 aromatic heterocycles. The van der Waals surface area contributed by atoms with Gasteiger partial charge in [0, 0.05) is 5.02 Å². The number of imide groups is 1. The summed E-state index contributed by atoms with van der Waals surface area (Å²) in [7, 11) is -2.82. The van der Waals surface area contributed by atoms with E-state index in [0.717, 1.165) is 16.7 Å². The van der Waals surface area contributed by atoms with E-state index in [9.17, 15) is 18.0 Å². The Morgan fingerprint density at radius 2 is 1.76 bits per heavy atom. The molecule has 4 rings (SSSR count). The Balaban J connectivity index is 1.51. The van der Waals surface area contributed by atoms with Gasteiger partial charge in [0.05, 0.1) is 23.0 Å². The maximum Gasteiger partial charge on any atom is 0.339 e. The molecule has 0 saturated carbocycles. The molecule has 12 heteroatoms. The lowest BCUT2D eigenvalue weighted by Gasteiger charge is -2.14. The van der Waals surface area contributed by atoms with Crippen LogP contribution in [0.2, 0.25) is 5.02 Å². The molecular formula is C25H19BrClNO7S2. The smallest absolute Gasteiger partial charge is 0.339 e. The van der Waals surface area contributed by atoms with Crippen molar-refractivity contribution in [2.45, 2.75) is 4.90 Å². The van der Waals surface area contributed by atoms with Gasteiger partial charge in [-0.25, -0.2) is 0 Å². The highest BCUT2D eigenvalue weighted by Crippen LogP contribution is 2.40. The van der Waals surface area contributed by atoms with Gasteiger partial charge in [0.15, 0.2) is 11.5 Å². The molecule has 0 atom stereocenters. The van der Waals surface area contributed by atoms with E-state index < -0.39 is 21.3 Å². The van der Waals surface area contributed by atoms with Gasteiger partial charge in [0.2, 0.25) is 0 Å². The van der Waals surface area contributed by atoms with Crippen LogP contribution in [0.3, 0.4) is 0 Å². The van der Waals surface area contributed by atoms with Crippen LogP contribution in [0.4, 0.5) is 4.79 Å². The van der Waals surface area contributed by atoms with Crippen molar-refractivity contribution in [3.63, 3.8) is 0 Å². The molecule has 1 heterocycles. The normalized spacial score (nSPS) is 14.8. The molecule has 3 aromatic carbocycles. The summed E-state index contributed by atoms with van der Waals surface area (Å²) in [6.07, 6.45) is 1.52. The number of carbonyl (C=O) groups excluding carboxylic acids is 2. The molecular weight excluding hydrogens is 606 g/mol. The zero-order valence-corrected chi connectivity index (χ0v) is 23.2. The SMILES string of the molecule is COc1cc(/C=C2\SC(=O)N(CCOc3ccccc3)C2=O)cc(Br)c1OS(=O)(=O)c1ccc(Cl)cc1. The predicted octanol–water partition coefficient (Wildman–Crippen LogP) is 5.99. The van der Waals surface area contributed by atoms with Gasteiger partial charge in [0.1, 0.15) is 17.3 Å². The first-order valence-electron chi connectivity index (χ1n) is 10.7. The van der Waals surface area contributed by atoms with Crippen LogP contribution in [0.5, 0.6) is 17.2 Å². The van der Waals surface area contributed by atoms with Gasteiger partial charge in [-0.1, -0.05) is 29.8 Å². The fourth-order valence-corrected chi connectivity index (χ4v) is 5.87. The summed E-state index contributed by atoms with van der Waals surface area (Å²) in [5.74, 6) is 0.226. The molecule has 1 fully saturated rings. The first-order chi connectivity index (χ1) is 17.7. The van der Waals surface area contributed by atoms with E-state index in [4.69, 9.17) is 25.3 Å². The molecule has 1 aliphatic heterocycles. The first-order valence-corrected chi connectivity index (χ1v) is 14.1. The van der Waals surface area contributed by atoms with Gasteiger partial charge in [-0.15, -0.1) is 0 Å². The highest BCUT2D eigenvalue weighted by molar-refractivity contribution is 9.10. The fraction of sp³-hybridized carbons (Fsp3) is 0.120. The summed E-state index contributed by atoms with van der Waals surface area (Å²) in [6, 6.07) is 17.7. The average molecular weight is 625 g/mol. The van der Waals surface area contributed by atoms with Crippen molar-refractivity contribution in [3.05, 3.63) is 86.7 Å². The second-order valence-corrected chi connectivity index (χ2v) is 11.4. The molecule has 1 aliphatic rings. The van der Waals surface area contributed by atoms with E-state index in [1.54, 1.807) is 18.2 Å². The lowest BCUT2D eigenvalue weighted by atomic mass is 10.2. The number of amides is 2. The summed E-state index contributed by atoms with van der Waals surface area (Å²) in [5.41, 5.74) is 0.492. The zero-order chi connectivity index (χ0) is 26.6. The molecule has 0 aliphatic carbocycles. The minimum absolute atomic E-state index is 0.0687. The average Bonchev–Trinajstić information content (AvgIpc) is 3.13. The Hall–Kier alpha value is -2.99. The summed E-state index contributed by atoms with van der Waals surface area (Å²) < 4.78 is 42.0. The van der Waals surface area contributed by atoms with E-state index in [2.05, 4.69) is 15.9 Å². The number of hydrogen-bond donors (Lipinski definition) is 0. The summed E-state index contributed by atoms with van der Waals surface area (Å²) in [5, 5.41) is -0.0249. The molecule has 0 N–H and O–H groups in total. The summed E-state index contributed by atoms with van der Waals surface area (Å²) in [4.78, 5) is 26.5. The number of nitrogens with zero attached hydrogens (tertiary/aromatic N) is 1. The largest absolute Gasteiger partial charge is 0.493 e. The van der Waals surface area contributed by atoms with Gasteiger partial charge in [-0.3, -0.25) is 14.5 Å². The molecule has 37 heavy (non-hydrogen) atoms. The number of benzene rings is 3. The molecule has 2 amide bonds. The molecule has 0 unspecified atom stereocenters. The van der Waals surface area contributed by atoms with Gasteiger partial charge in [0.25, 0.3) is 11.1 Å². The number of carbonyl (C=O) groups is 2. The Labute approximate surface area is 231 Å². The molecule has 0 radical (unpaired) electrons. The van der Waals surface area contributed by atoms with Crippen LogP contribution >= 0.6 is 39.3 Å². The van der Waals surface area contributed by atoms with Gasteiger partial charge in [-0.2, -0.15) is 8.42 Å². The quantitative estimate of drug-likeness (QED) is 0.211. The van der Waals surface area contributed by atoms with E-state index >= 15 is 0 Å². The van der Waals surface area contributed by atoms with E-state index in [1.165, 1.54) is 43.5 Å². The highest BCUT2D eigenvalue weighted by Gasteiger charge is 2.35. The maximum absolute atomic E-state index is 12.8. The lowest BCUT2D eigenvalue weighted by molar-refractivity contribution is -0.123. The highest BCUT2D eigenvalue weighted by atomic mass is 79.9. The van der Waals surface area contributed by atoms with Gasteiger partial charge < -0.3 is 13.7 Å². The number of ether oxygens (including phenoxy) is 2.